The van der Waals surface area contributed by atoms with Crippen molar-refractivity contribution in [3.05, 3.63) is 0 Å². The molecule has 1 aliphatic heterocycles. The molecule has 1 saturated carbocycles. The molecule has 0 bridgehead atoms. The normalized spacial score (nSPS) is 27.9. The zero-order valence-corrected chi connectivity index (χ0v) is 10.6. The first-order chi connectivity index (χ1) is 7.84. The minimum Gasteiger partial charge on any atom is -0.381 e. The summed E-state index contributed by atoms with van der Waals surface area (Å²) in [6, 6.07) is 0.648. The molecule has 0 spiro atoms. The zero-order chi connectivity index (χ0) is 11.2. The molecule has 94 valence electrons. The van der Waals surface area contributed by atoms with E-state index in [2.05, 4.69) is 17.1 Å². The average molecular weight is 226 g/mol. The Bertz CT molecular complexity index is 194. The zero-order valence-electron chi connectivity index (χ0n) is 10.6. The van der Waals surface area contributed by atoms with Crippen LogP contribution in [-0.4, -0.2) is 50.3 Å². The lowest BCUT2D eigenvalue weighted by atomic mass is 10.3. The van der Waals surface area contributed by atoms with Crippen LogP contribution in [0, 0.1) is 5.92 Å². The Kier molecular flexibility index (Phi) is 5.07. The summed E-state index contributed by atoms with van der Waals surface area (Å²) in [6.45, 7) is 9.07. The van der Waals surface area contributed by atoms with Crippen molar-refractivity contribution in [3.63, 3.8) is 0 Å². The summed E-state index contributed by atoms with van der Waals surface area (Å²) in [5.74, 6) is 0.905. The number of hydrogen-bond acceptors (Lipinski definition) is 3. The monoisotopic (exact) mass is 226 g/mol. The van der Waals surface area contributed by atoms with E-state index in [0.29, 0.717) is 6.04 Å². The standard InChI is InChI=1S/C13H26N2O/c1-12-10-15(7-2-6-14-12)8-3-9-16-11-13-4-5-13/h12-14H,2-11H2,1H3. The molecule has 3 heteroatoms. The van der Waals surface area contributed by atoms with E-state index in [4.69, 9.17) is 4.74 Å². The third-order valence-corrected chi connectivity index (χ3v) is 3.49. The van der Waals surface area contributed by atoms with E-state index >= 15 is 0 Å². The van der Waals surface area contributed by atoms with E-state index in [-0.39, 0.29) is 0 Å². The molecule has 16 heavy (non-hydrogen) atoms. The smallest absolute Gasteiger partial charge is 0.0494 e. The van der Waals surface area contributed by atoms with E-state index < -0.39 is 0 Å². The summed E-state index contributed by atoms with van der Waals surface area (Å²) in [7, 11) is 0. The molecule has 1 heterocycles. The average Bonchev–Trinajstić information content (AvgIpc) is 3.06. The van der Waals surface area contributed by atoms with Crippen molar-refractivity contribution < 1.29 is 4.74 Å². The molecule has 0 radical (unpaired) electrons. The minimum absolute atomic E-state index is 0.648. The molecule has 1 unspecified atom stereocenters. The highest BCUT2D eigenvalue weighted by Gasteiger charge is 2.21. The topological polar surface area (TPSA) is 24.5 Å². The van der Waals surface area contributed by atoms with Gasteiger partial charge in [-0.15, -0.1) is 0 Å². The largest absolute Gasteiger partial charge is 0.381 e. The fourth-order valence-electron chi connectivity index (χ4n) is 2.32. The van der Waals surface area contributed by atoms with Gasteiger partial charge in [-0.3, -0.25) is 0 Å². The summed E-state index contributed by atoms with van der Waals surface area (Å²) in [5, 5.41) is 3.53. The number of nitrogens with zero attached hydrogens (tertiary/aromatic N) is 1. The Morgan fingerprint density at radius 2 is 2.25 bits per heavy atom. The Morgan fingerprint density at radius 3 is 3.06 bits per heavy atom. The molecule has 2 fully saturated rings. The van der Waals surface area contributed by atoms with Crippen LogP contribution in [0.15, 0.2) is 0 Å². The molecule has 1 saturated heterocycles. The van der Waals surface area contributed by atoms with Crippen molar-refractivity contribution in [3.8, 4) is 0 Å². The van der Waals surface area contributed by atoms with Gasteiger partial charge in [0.05, 0.1) is 0 Å². The van der Waals surface area contributed by atoms with Gasteiger partial charge in [0.25, 0.3) is 0 Å². The van der Waals surface area contributed by atoms with Gasteiger partial charge in [0.15, 0.2) is 0 Å². The number of nitrogens with one attached hydrogen (secondary N) is 1. The van der Waals surface area contributed by atoms with Gasteiger partial charge in [0.1, 0.15) is 0 Å². The molecule has 1 aliphatic carbocycles. The Hall–Kier alpha value is -0.120. The van der Waals surface area contributed by atoms with Gasteiger partial charge in [-0.25, -0.2) is 0 Å². The van der Waals surface area contributed by atoms with Crippen molar-refractivity contribution in [2.45, 2.75) is 38.6 Å². The van der Waals surface area contributed by atoms with Crippen LogP contribution in [0.4, 0.5) is 0 Å². The molecule has 0 aromatic heterocycles. The highest BCUT2D eigenvalue weighted by Crippen LogP contribution is 2.28. The minimum atomic E-state index is 0.648. The van der Waals surface area contributed by atoms with E-state index in [0.717, 1.165) is 19.1 Å². The first-order valence-corrected chi connectivity index (χ1v) is 6.88. The lowest BCUT2D eigenvalue weighted by molar-refractivity contribution is 0.112. The molecule has 0 aromatic rings. The lowest BCUT2D eigenvalue weighted by Crippen LogP contribution is -2.36. The predicted molar refractivity (Wildman–Crippen MR) is 66.7 cm³/mol. The third kappa shape index (κ3) is 4.81. The Balaban J connectivity index is 1.49. The van der Waals surface area contributed by atoms with Crippen LogP contribution in [0.2, 0.25) is 0 Å². The second kappa shape index (κ2) is 6.58. The van der Waals surface area contributed by atoms with Gasteiger partial charge in [0, 0.05) is 32.3 Å². The van der Waals surface area contributed by atoms with E-state index in [9.17, 15) is 0 Å². The van der Waals surface area contributed by atoms with Gasteiger partial charge in [-0.2, -0.15) is 0 Å². The molecule has 2 aliphatic rings. The molecule has 1 atom stereocenters. The summed E-state index contributed by atoms with van der Waals surface area (Å²) in [6.07, 6.45) is 5.28. The second-order valence-electron chi connectivity index (χ2n) is 5.38. The maximum atomic E-state index is 5.66. The highest BCUT2D eigenvalue weighted by atomic mass is 16.5. The van der Waals surface area contributed by atoms with Gasteiger partial charge < -0.3 is 15.0 Å². The third-order valence-electron chi connectivity index (χ3n) is 3.49. The maximum Gasteiger partial charge on any atom is 0.0494 e. The van der Waals surface area contributed by atoms with E-state index in [1.165, 1.54) is 51.9 Å². The highest BCUT2D eigenvalue weighted by molar-refractivity contribution is 4.73. The van der Waals surface area contributed by atoms with Crippen molar-refractivity contribution in [2.75, 3.05) is 39.4 Å². The molecule has 1 N–H and O–H groups in total. The summed E-state index contributed by atoms with van der Waals surface area (Å²) in [4.78, 5) is 2.57. The number of hydrogen-bond donors (Lipinski definition) is 1. The van der Waals surface area contributed by atoms with Crippen LogP contribution in [0.25, 0.3) is 0 Å². The molecular weight excluding hydrogens is 200 g/mol. The van der Waals surface area contributed by atoms with E-state index in [1.54, 1.807) is 0 Å². The lowest BCUT2D eigenvalue weighted by Gasteiger charge is -2.22. The van der Waals surface area contributed by atoms with Crippen molar-refractivity contribution in [1.29, 1.82) is 0 Å². The molecule has 2 rings (SSSR count). The quantitative estimate of drug-likeness (QED) is 0.694. The summed E-state index contributed by atoms with van der Waals surface area (Å²) in [5.41, 5.74) is 0. The Labute approximate surface area is 99.5 Å². The predicted octanol–water partition coefficient (Wildman–Crippen LogP) is 1.49. The van der Waals surface area contributed by atoms with Crippen molar-refractivity contribution >= 4 is 0 Å². The van der Waals surface area contributed by atoms with Crippen LogP contribution >= 0.6 is 0 Å². The second-order valence-corrected chi connectivity index (χ2v) is 5.38. The maximum absolute atomic E-state index is 5.66. The van der Waals surface area contributed by atoms with Crippen molar-refractivity contribution in [1.82, 2.24) is 10.2 Å². The van der Waals surface area contributed by atoms with Crippen LogP contribution in [-0.2, 0) is 4.74 Å². The molecule has 3 nitrogen and oxygen atoms in total. The first kappa shape index (κ1) is 12.3. The van der Waals surface area contributed by atoms with Gasteiger partial charge in [0.2, 0.25) is 0 Å². The van der Waals surface area contributed by atoms with Crippen molar-refractivity contribution in [2.24, 2.45) is 5.92 Å². The molecule has 0 amide bonds. The summed E-state index contributed by atoms with van der Waals surface area (Å²) >= 11 is 0. The SMILES string of the molecule is CC1CN(CCCOCC2CC2)CCCN1. The van der Waals surface area contributed by atoms with Crippen LogP contribution in [0.5, 0.6) is 0 Å². The molecular formula is C13H26N2O. The first-order valence-electron chi connectivity index (χ1n) is 6.88. The fraction of sp³-hybridized carbons (Fsp3) is 1.00. The van der Waals surface area contributed by atoms with Gasteiger partial charge in [-0.1, -0.05) is 0 Å². The van der Waals surface area contributed by atoms with Crippen LogP contribution in [0.1, 0.15) is 32.6 Å². The van der Waals surface area contributed by atoms with E-state index in [1.807, 2.05) is 0 Å². The number of rotatable bonds is 6. The summed E-state index contributed by atoms with van der Waals surface area (Å²) < 4.78 is 5.66. The fourth-order valence-corrected chi connectivity index (χ4v) is 2.32. The van der Waals surface area contributed by atoms with Crippen LogP contribution in [0.3, 0.4) is 0 Å². The Morgan fingerprint density at radius 1 is 1.38 bits per heavy atom. The van der Waals surface area contributed by atoms with Gasteiger partial charge >= 0.3 is 0 Å². The van der Waals surface area contributed by atoms with Crippen LogP contribution < -0.4 is 5.32 Å². The van der Waals surface area contributed by atoms with Gasteiger partial charge in [-0.05, 0) is 51.6 Å². The number of ether oxygens (including phenoxy) is 1. The molecule has 0 aromatic carbocycles.